The predicted octanol–water partition coefficient (Wildman–Crippen LogP) is 5.48. The lowest BCUT2D eigenvalue weighted by Gasteiger charge is -2.22. The maximum absolute atomic E-state index is 15.1. The van der Waals surface area contributed by atoms with Gasteiger partial charge in [-0.05, 0) is 43.0 Å². The van der Waals surface area contributed by atoms with E-state index >= 15 is 4.39 Å². The van der Waals surface area contributed by atoms with E-state index in [0.29, 0.717) is 33.9 Å². The molecule has 27 heavy (non-hydrogen) atoms. The highest BCUT2D eigenvalue weighted by Crippen LogP contribution is 2.39. The number of hydrogen-bond donors (Lipinski definition) is 1. The Labute approximate surface area is 156 Å². The minimum absolute atomic E-state index is 0.00987. The Morgan fingerprint density at radius 3 is 2.74 bits per heavy atom. The molecule has 0 bridgehead atoms. The minimum atomic E-state index is -0.366. The molecule has 0 aliphatic heterocycles. The lowest BCUT2D eigenvalue weighted by Crippen LogP contribution is -2.10. The molecule has 0 radical (unpaired) electrons. The third-order valence-electron chi connectivity index (χ3n) is 5.13. The van der Waals surface area contributed by atoms with E-state index < -0.39 is 0 Å². The smallest absolute Gasteiger partial charge is 0.173 e. The first kappa shape index (κ1) is 17.3. The van der Waals surface area contributed by atoms with Crippen molar-refractivity contribution in [1.29, 1.82) is 0 Å². The van der Waals surface area contributed by atoms with Crippen LogP contribution in [0.5, 0.6) is 23.0 Å². The number of halogens is 1. The van der Waals surface area contributed by atoms with Gasteiger partial charge in [-0.1, -0.05) is 24.6 Å². The molecule has 1 atom stereocenters. The van der Waals surface area contributed by atoms with Gasteiger partial charge < -0.3 is 14.6 Å². The number of hydrogen-bond acceptors (Lipinski definition) is 4. The van der Waals surface area contributed by atoms with Crippen molar-refractivity contribution in [3.8, 4) is 23.0 Å². The summed E-state index contributed by atoms with van der Waals surface area (Å²) in [6.07, 6.45) is 4.28. The molecule has 1 aromatic heterocycles. The van der Waals surface area contributed by atoms with Crippen LogP contribution < -0.4 is 9.47 Å². The zero-order valence-corrected chi connectivity index (χ0v) is 15.4. The first-order valence-corrected chi connectivity index (χ1v) is 8.81. The maximum Gasteiger partial charge on any atom is 0.173 e. The van der Waals surface area contributed by atoms with Gasteiger partial charge in [0.25, 0.3) is 0 Å². The summed E-state index contributed by atoms with van der Waals surface area (Å²) in [5, 5.41) is 10.6. The van der Waals surface area contributed by atoms with E-state index in [-0.39, 0.29) is 17.3 Å². The number of fused-ring (bicyclic) bond motifs is 2. The van der Waals surface area contributed by atoms with Gasteiger partial charge >= 0.3 is 0 Å². The first-order valence-electron chi connectivity index (χ1n) is 8.81. The van der Waals surface area contributed by atoms with Crippen LogP contribution in [-0.4, -0.2) is 17.2 Å². The number of pyridine rings is 1. The highest BCUT2D eigenvalue weighted by atomic mass is 19.1. The molecule has 1 aliphatic carbocycles. The van der Waals surface area contributed by atoms with Crippen LogP contribution in [0.15, 0.2) is 42.1 Å². The Morgan fingerprint density at radius 2 is 1.96 bits per heavy atom. The molecule has 0 fully saturated rings. The number of ether oxygens (including phenoxy) is 2. The zero-order valence-electron chi connectivity index (χ0n) is 15.4. The molecule has 0 saturated heterocycles. The van der Waals surface area contributed by atoms with Gasteiger partial charge in [-0.3, -0.25) is 4.98 Å². The quantitative estimate of drug-likeness (QED) is 0.668. The van der Waals surface area contributed by atoms with Gasteiger partial charge in [0.15, 0.2) is 23.1 Å². The average molecular weight is 365 g/mol. The van der Waals surface area contributed by atoms with Crippen LogP contribution in [0.25, 0.3) is 17.0 Å². The van der Waals surface area contributed by atoms with Crippen LogP contribution in [0, 0.1) is 11.7 Å². The molecule has 2 aromatic carbocycles. The summed E-state index contributed by atoms with van der Waals surface area (Å²) in [5.41, 5.74) is 3.28. The molecule has 4 rings (SSSR count). The third kappa shape index (κ3) is 2.99. The summed E-state index contributed by atoms with van der Waals surface area (Å²) in [4.78, 5) is 4.23. The number of allylic oxidation sites excluding steroid dienone is 1. The van der Waals surface area contributed by atoms with Gasteiger partial charge in [0.2, 0.25) is 0 Å². The molecule has 1 heterocycles. The van der Waals surface area contributed by atoms with Crippen LogP contribution in [0.3, 0.4) is 0 Å². The van der Waals surface area contributed by atoms with E-state index in [1.54, 1.807) is 24.4 Å². The largest absolute Gasteiger partial charge is 0.504 e. The zero-order chi connectivity index (χ0) is 19.1. The van der Waals surface area contributed by atoms with E-state index in [1.165, 1.54) is 13.2 Å². The van der Waals surface area contributed by atoms with E-state index in [1.807, 2.05) is 19.1 Å². The van der Waals surface area contributed by atoms with E-state index in [9.17, 15) is 5.11 Å². The van der Waals surface area contributed by atoms with Gasteiger partial charge in [-0.15, -0.1) is 0 Å². The number of benzene rings is 2. The second-order valence-electron chi connectivity index (χ2n) is 6.90. The Bertz CT molecular complexity index is 1070. The number of phenolic OH excluding ortho intramolecular Hbond substituents is 1. The number of rotatable bonds is 3. The highest BCUT2D eigenvalue weighted by Gasteiger charge is 2.21. The van der Waals surface area contributed by atoms with Crippen molar-refractivity contribution in [3.05, 3.63) is 59.0 Å². The van der Waals surface area contributed by atoms with Crippen molar-refractivity contribution in [3.63, 3.8) is 0 Å². The van der Waals surface area contributed by atoms with Crippen molar-refractivity contribution in [2.24, 2.45) is 5.92 Å². The maximum atomic E-state index is 15.1. The molecule has 1 unspecified atom stereocenters. The number of aromatic hydroxyl groups is 1. The van der Waals surface area contributed by atoms with Crippen molar-refractivity contribution < 1.29 is 19.0 Å². The van der Waals surface area contributed by atoms with Gasteiger partial charge in [-0.2, -0.15) is 0 Å². The fourth-order valence-corrected chi connectivity index (χ4v) is 3.39. The number of aromatic nitrogens is 1. The Morgan fingerprint density at radius 1 is 1.15 bits per heavy atom. The molecule has 138 valence electrons. The van der Waals surface area contributed by atoms with Crippen molar-refractivity contribution in [2.75, 3.05) is 7.11 Å². The fraction of sp³-hybridized carbons (Fsp3) is 0.227. The summed E-state index contributed by atoms with van der Waals surface area (Å²) in [6, 6.07) is 8.38. The SMILES string of the molecule is COc1cc2c(Oc3ccc4c(c3F)C=C(C)C(C)C4)ccnc2cc1O. The van der Waals surface area contributed by atoms with Gasteiger partial charge in [-0.25, -0.2) is 4.39 Å². The highest BCUT2D eigenvalue weighted by molar-refractivity contribution is 5.88. The van der Waals surface area contributed by atoms with Gasteiger partial charge in [0.1, 0.15) is 5.75 Å². The lowest BCUT2D eigenvalue weighted by atomic mass is 9.85. The molecule has 3 aromatic rings. The van der Waals surface area contributed by atoms with E-state index in [0.717, 1.165) is 17.6 Å². The van der Waals surface area contributed by atoms with Crippen molar-refractivity contribution in [2.45, 2.75) is 20.3 Å². The number of nitrogens with zero attached hydrogens (tertiary/aromatic N) is 1. The summed E-state index contributed by atoms with van der Waals surface area (Å²) in [6.45, 7) is 4.17. The monoisotopic (exact) mass is 365 g/mol. The molecule has 1 aliphatic rings. The normalized spacial score (nSPS) is 16.0. The Balaban J connectivity index is 1.79. The predicted molar refractivity (Wildman–Crippen MR) is 103 cm³/mol. The summed E-state index contributed by atoms with van der Waals surface area (Å²) in [7, 11) is 1.47. The van der Waals surface area contributed by atoms with Crippen LogP contribution in [-0.2, 0) is 6.42 Å². The Kier molecular flexibility index (Phi) is 4.22. The molecule has 1 N–H and O–H groups in total. The van der Waals surface area contributed by atoms with E-state index in [4.69, 9.17) is 9.47 Å². The molecule has 0 saturated carbocycles. The van der Waals surface area contributed by atoms with Crippen molar-refractivity contribution in [1.82, 2.24) is 4.98 Å². The average Bonchev–Trinajstić information content (AvgIpc) is 2.65. The lowest BCUT2D eigenvalue weighted by molar-refractivity contribution is 0.374. The molecular weight excluding hydrogens is 345 g/mol. The summed E-state index contributed by atoms with van der Waals surface area (Å²) in [5.74, 6) is 0.944. The fourth-order valence-electron chi connectivity index (χ4n) is 3.39. The summed E-state index contributed by atoms with van der Waals surface area (Å²) >= 11 is 0. The van der Waals surface area contributed by atoms with Gasteiger partial charge in [0, 0.05) is 23.2 Å². The molecule has 4 nitrogen and oxygen atoms in total. The first-order chi connectivity index (χ1) is 13.0. The minimum Gasteiger partial charge on any atom is -0.504 e. The molecular formula is C22H20FNO3. The van der Waals surface area contributed by atoms with Crippen LogP contribution in [0.4, 0.5) is 4.39 Å². The standard InChI is InChI=1S/C22H20FNO3/c1-12-8-14-4-5-20(22(23)15(14)9-13(12)2)27-19-6-7-24-17-11-18(25)21(26-3)10-16(17)19/h4-7,9-12,25H,8H2,1-3H3. The molecule has 5 heteroatoms. The number of phenols is 1. The second kappa shape index (κ2) is 6.58. The number of methoxy groups -OCH3 is 1. The second-order valence-corrected chi connectivity index (χ2v) is 6.90. The van der Waals surface area contributed by atoms with Crippen LogP contribution in [0.1, 0.15) is 25.0 Å². The third-order valence-corrected chi connectivity index (χ3v) is 5.13. The van der Waals surface area contributed by atoms with E-state index in [2.05, 4.69) is 11.9 Å². The van der Waals surface area contributed by atoms with Crippen LogP contribution in [0.2, 0.25) is 0 Å². The topological polar surface area (TPSA) is 51.6 Å². The molecule has 0 spiro atoms. The Hall–Kier alpha value is -3.08. The summed E-state index contributed by atoms with van der Waals surface area (Å²) < 4.78 is 26.2. The van der Waals surface area contributed by atoms with Gasteiger partial charge in [0.05, 0.1) is 12.6 Å². The van der Waals surface area contributed by atoms with Crippen molar-refractivity contribution >= 4 is 17.0 Å². The van der Waals surface area contributed by atoms with Crippen LogP contribution >= 0.6 is 0 Å². The molecule has 0 amide bonds.